The van der Waals surface area contributed by atoms with Crippen molar-refractivity contribution < 1.29 is 24.2 Å². The second-order valence-corrected chi connectivity index (χ2v) is 6.94. The predicted octanol–water partition coefficient (Wildman–Crippen LogP) is 4.29. The Bertz CT molecular complexity index is 1170. The molecule has 6 heteroatoms. The lowest BCUT2D eigenvalue weighted by atomic mass is 9.86. The van der Waals surface area contributed by atoms with Crippen molar-refractivity contribution in [3.8, 4) is 28.4 Å². The standard InChI is InChI=1S/C26H17BO5/c27-23-15-19(31-25(29)17-7-3-1-4-8-17)11-13-21(23)22-14-12-20(16-24(22)28)32-26(30)18-9-5-2-6-10-18/h1-16,28H. The molecule has 0 atom stereocenters. The Morgan fingerprint density at radius 2 is 1.09 bits per heavy atom. The molecule has 154 valence electrons. The van der Waals surface area contributed by atoms with E-state index in [2.05, 4.69) is 0 Å². The maximum absolute atomic E-state index is 12.2. The fourth-order valence-electron chi connectivity index (χ4n) is 3.13. The van der Waals surface area contributed by atoms with Crippen LogP contribution in [0.2, 0.25) is 0 Å². The Labute approximate surface area is 186 Å². The highest BCUT2D eigenvalue weighted by Gasteiger charge is 2.14. The fourth-order valence-corrected chi connectivity index (χ4v) is 3.13. The van der Waals surface area contributed by atoms with Gasteiger partial charge in [-0.25, -0.2) is 9.59 Å². The molecule has 0 aliphatic carbocycles. The maximum atomic E-state index is 12.2. The highest BCUT2D eigenvalue weighted by atomic mass is 16.5. The van der Waals surface area contributed by atoms with Gasteiger partial charge < -0.3 is 14.6 Å². The first-order valence-electron chi connectivity index (χ1n) is 9.78. The van der Waals surface area contributed by atoms with Gasteiger partial charge in [0.15, 0.2) is 0 Å². The molecule has 0 aliphatic rings. The van der Waals surface area contributed by atoms with Crippen LogP contribution in [0.1, 0.15) is 20.7 Å². The molecule has 0 spiro atoms. The van der Waals surface area contributed by atoms with Gasteiger partial charge in [0.2, 0.25) is 0 Å². The highest BCUT2D eigenvalue weighted by molar-refractivity contribution is 6.36. The molecule has 2 radical (unpaired) electrons. The van der Waals surface area contributed by atoms with Gasteiger partial charge in [-0.1, -0.05) is 47.9 Å². The maximum Gasteiger partial charge on any atom is 0.343 e. The van der Waals surface area contributed by atoms with Crippen molar-refractivity contribution in [2.45, 2.75) is 0 Å². The Morgan fingerprint density at radius 3 is 1.56 bits per heavy atom. The molecule has 0 fully saturated rings. The summed E-state index contributed by atoms with van der Waals surface area (Å²) >= 11 is 0. The van der Waals surface area contributed by atoms with E-state index in [0.717, 1.165) is 0 Å². The molecule has 0 heterocycles. The minimum Gasteiger partial charge on any atom is -0.507 e. The third kappa shape index (κ3) is 4.70. The first kappa shape index (κ1) is 20.9. The van der Waals surface area contributed by atoms with Crippen molar-refractivity contribution in [2.24, 2.45) is 0 Å². The monoisotopic (exact) mass is 420 g/mol. The summed E-state index contributed by atoms with van der Waals surface area (Å²) in [7, 11) is 6.14. The van der Waals surface area contributed by atoms with Gasteiger partial charge >= 0.3 is 11.9 Å². The first-order valence-corrected chi connectivity index (χ1v) is 9.78. The van der Waals surface area contributed by atoms with Gasteiger partial charge in [0, 0.05) is 11.6 Å². The largest absolute Gasteiger partial charge is 0.507 e. The van der Waals surface area contributed by atoms with E-state index in [4.69, 9.17) is 17.3 Å². The van der Waals surface area contributed by atoms with Crippen molar-refractivity contribution >= 4 is 25.2 Å². The molecule has 0 aliphatic heterocycles. The summed E-state index contributed by atoms with van der Waals surface area (Å²) < 4.78 is 10.7. The number of ether oxygens (including phenoxy) is 2. The van der Waals surface area contributed by atoms with E-state index in [0.29, 0.717) is 27.7 Å². The van der Waals surface area contributed by atoms with Crippen molar-refractivity contribution in [2.75, 3.05) is 0 Å². The smallest absolute Gasteiger partial charge is 0.343 e. The molecule has 0 saturated heterocycles. The molecule has 0 amide bonds. The number of esters is 2. The number of carbonyl (C=O) groups excluding carboxylic acids is 2. The number of benzene rings is 4. The fraction of sp³-hybridized carbons (Fsp3) is 0. The minimum absolute atomic E-state index is 0.107. The Morgan fingerprint density at radius 1 is 0.625 bits per heavy atom. The second-order valence-electron chi connectivity index (χ2n) is 6.94. The van der Waals surface area contributed by atoms with Gasteiger partial charge in [0.05, 0.1) is 11.1 Å². The summed E-state index contributed by atoms with van der Waals surface area (Å²) in [4.78, 5) is 24.4. The molecule has 0 bridgehead atoms. The third-order valence-electron chi connectivity index (χ3n) is 4.72. The number of phenolic OH excluding ortho intramolecular Hbond substituents is 1. The number of phenols is 1. The van der Waals surface area contributed by atoms with Gasteiger partial charge in [0.1, 0.15) is 25.1 Å². The lowest BCUT2D eigenvalue weighted by Gasteiger charge is -2.12. The second kappa shape index (κ2) is 9.22. The van der Waals surface area contributed by atoms with Gasteiger partial charge in [0.25, 0.3) is 0 Å². The molecule has 32 heavy (non-hydrogen) atoms. The van der Waals surface area contributed by atoms with Crippen LogP contribution in [-0.4, -0.2) is 24.9 Å². The highest BCUT2D eigenvalue weighted by Crippen LogP contribution is 2.32. The Kier molecular flexibility index (Phi) is 6.04. The van der Waals surface area contributed by atoms with E-state index < -0.39 is 11.9 Å². The van der Waals surface area contributed by atoms with Gasteiger partial charge in [-0.3, -0.25) is 0 Å². The van der Waals surface area contributed by atoms with E-state index >= 15 is 0 Å². The summed E-state index contributed by atoms with van der Waals surface area (Å²) in [5.74, 6) is -0.642. The summed E-state index contributed by atoms with van der Waals surface area (Å²) in [6, 6.07) is 26.4. The summed E-state index contributed by atoms with van der Waals surface area (Å²) in [6.07, 6.45) is 0. The summed E-state index contributed by atoms with van der Waals surface area (Å²) in [6.45, 7) is 0. The molecule has 0 unspecified atom stereocenters. The van der Waals surface area contributed by atoms with E-state index in [-0.39, 0.29) is 17.2 Å². The van der Waals surface area contributed by atoms with Crippen LogP contribution >= 0.6 is 0 Å². The van der Waals surface area contributed by atoms with Crippen LogP contribution in [-0.2, 0) is 0 Å². The average Bonchev–Trinajstić information content (AvgIpc) is 2.81. The van der Waals surface area contributed by atoms with Crippen LogP contribution in [0.4, 0.5) is 0 Å². The predicted molar refractivity (Wildman–Crippen MR) is 122 cm³/mol. The number of rotatable bonds is 5. The number of hydrogen-bond donors (Lipinski definition) is 1. The first-order chi connectivity index (χ1) is 15.5. The third-order valence-corrected chi connectivity index (χ3v) is 4.72. The zero-order valence-corrected chi connectivity index (χ0v) is 16.9. The molecule has 5 nitrogen and oxygen atoms in total. The van der Waals surface area contributed by atoms with Crippen LogP contribution in [0.15, 0.2) is 97.1 Å². The minimum atomic E-state index is -0.526. The molecule has 4 aromatic rings. The van der Waals surface area contributed by atoms with Crippen LogP contribution in [0.5, 0.6) is 17.2 Å². The zero-order valence-electron chi connectivity index (χ0n) is 16.9. The van der Waals surface area contributed by atoms with E-state index in [1.54, 1.807) is 78.9 Å². The van der Waals surface area contributed by atoms with Crippen molar-refractivity contribution in [1.82, 2.24) is 0 Å². The van der Waals surface area contributed by atoms with E-state index in [9.17, 15) is 14.7 Å². The lowest BCUT2D eigenvalue weighted by molar-refractivity contribution is 0.0725. The quantitative estimate of drug-likeness (QED) is 0.296. The van der Waals surface area contributed by atoms with E-state index in [1.807, 2.05) is 6.07 Å². The molecule has 0 aromatic heterocycles. The van der Waals surface area contributed by atoms with Gasteiger partial charge in [-0.05, 0) is 54.1 Å². The van der Waals surface area contributed by atoms with Crippen LogP contribution in [0.3, 0.4) is 0 Å². The topological polar surface area (TPSA) is 72.8 Å². The normalized spacial score (nSPS) is 10.4. The van der Waals surface area contributed by atoms with Crippen LogP contribution < -0.4 is 14.9 Å². The molecule has 1 N–H and O–H groups in total. The Balaban J connectivity index is 1.51. The number of hydrogen-bond acceptors (Lipinski definition) is 5. The van der Waals surface area contributed by atoms with Gasteiger partial charge in [-0.2, -0.15) is 0 Å². The lowest BCUT2D eigenvalue weighted by Crippen LogP contribution is -2.12. The van der Waals surface area contributed by atoms with Crippen molar-refractivity contribution in [3.05, 3.63) is 108 Å². The summed E-state index contributed by atoms with van der Waals surface area (Å²) in [5.41, 5.74) is 2.13. The number of aromatic hydroxyl groups is 1. The molecule has 0 saturated carbocycles. The molecular weight excluding hydrogens is 403 g/mol. The van der Waals surface area contributed by atoms with Crippen molar-refractivity contribution in [1.29, 1.82) is 0 Å². The van der Waals surface area contributed by atoms with E-state index in [1.165, 1.54) is 12.1 Å². The molecular formula is C26H17BO5. The number of carbonyl (C=O) groups is 2. The van der Waals surface area contributed by atoms with Crippen LogP contribution in [0, 0.1) is 0 Å². The Hall–Kier alpha value is -4.32. The summed E-state index contributed by atoms with van der Waals surface area (Å²) in [5, 5.41) is 10.5. The average molecular weight is 420 g/mol. The van der Waals surface area contributed by atoms with Gasteiger partial charge in [-0.15, -0.1) is 0 Å². The molecule has 4 aromatic carbocycles. The van der Waals surface area contributed by atoms with Crippen LogP contribution in [0.25, 0.3) is 11.1 Å². The zero-order chi connectivity index (χ0) is 22.5. The molecule has 4 rings (SSSR count). The SMILES string of the molecule is [B]c1cc(OC(=O)c2ccccc2)ccc1-c1ccc(OC(=O)c2ccccc2)cc1O. The van der Waals surface area contributed by atoms with Crippen molar-refractivity contribution in [3.63, 3.8) is 0 Å².